The molecule has 1 fully saturated rings. The molecule has 9 heteroatoms. The number of likely N-dealkylation sites (N-methyl/N-ethyl adjacent to an activating group) is 1. The first-order valence-electron chi connectivity index (χ1n) is 9.82. The Morgan fingerprint density at radius 3 is 2.59 bits per heavy atom. The van der Waals surface area contributed by atoms with Crippen LogP contribution < -0.4 is 10.1 Å². The van der Waals surface area contributed by atoms with Gasteiger partial charge in [-0.25, -0.2) is 8.42 Å². The van der Waals surface area contributed by atoms with Gasteiger partial charge < -0.3 is 15.0 Å². The lowest BCUT2D eigenvalue weighted by Gasteiger charge is -2.32. The number of nitrogens with one attached hydrogen (secondary N) is 1. The highest BCUT2D eigenvalue weighted by Gasteiger charge is 2.33. The molecule has 2 amide bonds. The molecule has 29 heavy (non-hydrogen) atoms. The van der Waals surface area contributed by atoms with E-state index in [1.54, 1.807) is 0 Å². The quantitative estimate of drug-likeness (QED) is 0.719. The molecule has 1 heterocycles. The van der Waals surface area contributed by atoms with Gasteiger partial charge in [0.05, 0.1) is 13.7 Å². The number of sulfonamides is 1. The highest BCUT2D eigenvalue weighted by atomic mass is 32.2. The molecular formula is C20H31N3O5S. The molecule has 0 aromatic heterocycles. The largest absolute Gasteiger partial charge is 0.495 e. The van der Waals surface area contributed by atoms with Gasteiger partial charge in [-0.1, -0.05) is 6.42 Å². The zero-order valence-corrected chi connectivity index (χ0v) is 18.6. The SMILES string of the molecule is COc1ccc(C(=O)N(C)CC(=O)NC(C)C)cc1S(=O)(=O)N1CCCC[C@@H]1C. The Morgan fingerprint density at radius 2 is 2.00 bits per heavy atom. The topological polar surface area (TPSA) is 96.0 Å². The number of piperidine rings is 1. The van der Waals surface area contributed by atoms with Crippen LogP contribution in [0, 0.1) is 0 Å². The van der Waals surface area contributed by atoms with Gasteiger partial charge in [0.1, 0.15) is 10.6 Å². The van der Waals surface area contributed by atoms with Crippen LogP contribution in [0.5, 0.6) is 5.75 Å². The Balaban J connectivity index is 2.32. The number of carbonyl (C=O) groups is 2. The van der Waals surface area contributed by atoms with Gasteiger partial charge >= 0.3 is 0 Å². The van der Waals surface area contributed by atoms with Crippen LogP contribution in [0.15, 0.2) is 23.1 Å². The number of benzene rings is 1. The summed E-state index contributed by atoms with van der Waals surface area (Å²) in [7, 11) is -0.908. The van der Waals surface area contributed by atoms with E-state index in [9.17, 15) is 18.0 Å². The smallest absolute Gasteiger partial charge is 0.254 e. The van der Waals surface area contributed by atoms with Crippen LogP contribution in [0.1, 0.15) is 50.4 Å². The highest BCUT2D eigenvalue weighted by molar-refractivity contribution is 7.89. The van der Waals surface area contributed by atoms with E-state index in [0.717, 1.165) is 19.3 Å². The van der Waals surface area contributed by atoms with E-state index in [1.165, 1.54) is 41.6 Å². The Morgan fingerprint density at radius 1 is 1.31 bits per heavy atom. The molecule has 1 aromatic rings. The van der Waals surface area contributed by atoms with Gasteiger partial charge in [-0.2, -0.15) is 4.31 Å². The van der Waals surface area contributed by atoms with Crippen LogP contribution >= 0.6 is 0 Å². The maximum atomic E-state index is 13.3. The normalized spacial score (nSPS) is 17.8. The summed E-state index contributed by atoms with van der Waals surface area (Å²) >= 11 is 0. The first kappa shape index (κ1) is 23.2. The van der Waals surface area contributed by atoms with Gasteiger partial charge in [-0.3, -0.25) is 9.59 Å². The van der Waals surface area contributed by atoms with Crippen molar-refractivity contribution in [2.45, 2.75) is 57.0 Å². The summed E-state index contributed by atoms with van der Waals surface area (Å²) in [6.07, 6.45) is 2.60. The fraction of sp³-hybridized carbons (Fsp3) is 0.600. The van der Waals surface area contributed by atoms with Gasteiger partial charge in [0.15, 0.2) is 0 Å². The average Bonchev–Trinajstić information content (AvgIpc) is 2.66. The van der Waals surface area contributed by atoms with Gasteiger partial charge in [0, 0.05) is 31.2 Å². The van der Waals surface area contributed by atoms with E-state index in [2.05, 4.69) is 5.32 Å². The molecule has 0 unspecified atom stereocenters. The van der Waals surface area contributed by atoms with Crippen LogP contribution in [0.2, 0.25) is 0 Å². The van der Waals surface area contributed by atoms with Crippen LogP contribution in [-0.4, -0.2) is 68.8 Å². The fourth-order valence-electron chi connectivity index (χ4n) is 3.44. The van der Waals surface area contributed by atoms with Crippen molar-refractivity contribution < 1.29 is 22.7 Å². The lowest BCUT2D eigenvalue weighted by molar-refractivity contribution is -0.122. The van der Waals surface area contributed by atoms with Crippen LogP contribution in [0.4, 0.5) is 0 Å². The van der Waals surface area contributed by atoms with E-state index in [4.69, 9.17) is 4.74 Å². The van der Waals surface area contributed by atoms with Crippen molar-refractivity contribution in [2.24, 2.45) is 0 Å². The standard InChI is InChI=1S/C20H31N3O5S/c1-14(2)21-19(24)13-22(4)20(25)16-9-10-17(28-5)18(12-16)29(26,27)23-11-7-6-8-15(23)3/h9-10,12,14-15H,6-8,11,13H2,1-5H3,(H,21,24)/t15-/m0/s1. The van der Waals surface area contributed by atoms with Crippen LogP contribution in [-0.2, 0) is 14.8 Å². The van der Waals surface area contributed by atoms with E-state index in [0.29, 0.717) is 6.54 Å². The number of carbonyl (C=O) groups excluding carboxylic acids is 2. The van der Waals surface area contributed by atoms with Gasteiger partial charge in [-0.15, -0.1) is 0 Å². The zero-order valence-electron chi connectivity index (χ0n) is 17.8. The Kier molecular flexibility index (Phi) is 7.65. The minimum atomic E-state index is -3.82. The number of rotatable bonds is 7. The molecule has 0 bridgehead atoms. The predicted octanol–water partition coefficient (Wildman–Crippen LogP) is 1.85. The number of nitrogens with zero attached hydrogens (tertiary/aromatic N) is 2. The lowest BCUT2D eigenvalue weighted by Crippen LogP contribution is -2.42. The molecule has 0 aliphatic carbocycles. The van der Waals surface area contributed by atoms with Crippen molar-refractivity contribution in [3.05, 3.63) is 23.8 Å². The first-order chi connectivity index (χ1) is 13.6. The van der Waals surface area contributed by atoms with E-state index in [-0.39, 0.29) is 40.7 Å². The van der Waals surface area contributed by atoms with Crippen molar-refractivity contribution in [3.63, 3.8) is 0 Å². The van der Waals surface area contributed by atoms with Crippen molar-refractivity contribution in [3.8, 4) is 5.75 Å². The number of hydrogen-bond donors (Lipinski definition) is 1. The highest BCUT2D eigenvalue weighted by Crippen LogP contribution is 2.31. The molecule has 0 radical (unpaired) electrons. The molecule has 1 aliphatic rings. The summed E-state index contributed by atoms with van der Waals surface area (Å²) in [6.45, 7) is 5.89. The van der Waals surface area contributed by atoms with Crippen molar-refractivity contribution >= 4 is 21.8 Å². The molecule has 1 N–H and O–H groups in total. The molecule has 1 aliphatic heterocycles. The summed E-state index contributed by atoms with van der Waals surface area (Å²) < 4.78 is 33.3. The average molecular weight is 426 g/mol. The minimum Gasteiger partial charge on any atom is -0.495 e. The zero-order chi connectivity index (χ0) is 21.8. The van der Waals surface area contributed by atoms with Crippen LogP contribution in [0.25, 0.3) is 0 Å². The van der Waals surface area contributed by atoms with Gasteiger partial charge in [-0.05, 0) is 51.8 Å². The number of methoxy groups -OCH3 is 1. The number of ether oxygens (including phenoxy) is 1. The number of hydrogen-bond acceptors (Lipinski definition) is 5. The van der Waals surface area contributed by atoms with Crippen LogP contribution in [0.3, 0.4) is 0 Å². The molecule has 0 saturated carbocycles. The van der Waals surface area contributed by atoms with Crippen molar-refractivity contribution in [2.75, 3.05) is 27.2 Å². The minimum absolute atomic E-state index is 0.0281. The summed E-state index contributed by atoms with van der Waals surface area (Å²) in [5.41, 5.74) is 0.189. The lowest BCUT2D eigenvalue weighted by atomic mass is 10.1. The maximum absolute atomic E-state index is 13.3. The summed E-state index contributed by atoms with van der Waals surface area (Å²) in [6, 6.07) is 4.19. The second-order valence-electron chi connectivity index (χ2n) is 7.71. The monoisotopic (exact) mass is 425 g/mol. The maximum Gasteiger partial charge on any atom is 0.254 e. The molecule has 0 spiro atoms. The predicted molar refractivity (Wildman–Crippen MR) is 110 cm³/mol. The van der Waals surface area contributed by atoms with E-state index in [1.807, 2.05) is 20.8 Å². The molecule has 1 atom stereocenters. The van der Waals surface area contributed by atoms with Crippen molar-refractivity contribution in [1.82, 2.24) is 14.5 Å². The third kappa shape index (κ3) is 5.48. The van der Waals surface area contributed by atoms with Gasteiger partial charge in [0.25, 0.3) is 5.91 Å². The molecule has 1 aromatic carbocycles. The third-order valence-corrected chi connectivity index (χ3v) is 6.95. The third-order valence-electron chi connectivity index (χ3n) is 4.92. The molecule has 1 saturated heterocycles. The van der Waals surface area contributed by atoms with Crippen molar-refractivity contribution in [1.29, 1.82) is 0 Å². The molecule has 8 nitrogen and oxygen atoms in total. The van der Waals surface area contributed by atoms with Gasteiger partial charge in [0.2, 0.25) is 15.9 Å². The Labute approximate surface area is 173 Å². The van der Waals surface area contributed by atoms with E-state index < -0.39 is 15.9 Å². The second kappa shape index (κ2) is 9.58. The fourth-order valence-corrected chi connectivity index (χ4v) is 5.32. The summed E-state index contributed by atoms with van der Waals surface area (Å²) in [5, 5.41) is 2.73. The first-order valence-corrected chi connectivity index (χ1v) is 11.3. The Bertz CT molecular complexity index is 854. The number of amides is 2. The molecular weight excluding hydrogens is 394 g/mol. The summed E-state index contributed by atoms with van der Waals surface area (Å²) in [4.78, 5) is 26.0. The molecule has 162 valence electrons. The Hall–Kier alpha value is -2.13. The van der Waals surface area contributed by atoms with E-state index >= 15 is 0 Å². The second-order valence-corrected chi connectivity index (χ2v) is 9.57. The molecule has 2 rings (SSSR count). The summed E-state index contributed by atoms with van der Waals surface area (Å²) in [5.74, 6) is -0.520.